The number of aromatic amines is 1. The van der Waals surface area contributed by atoms with Crippen LogP contribution in [0.5, 0.6) is 0 Å². The van der Waals surface area contributed by atoms with Crippen LogP contribution < -0.4 is 5.32 Å². The summed E-state index contributed by atoms with van der Waals surface area (Å²) >= 11 is 0. The molecule has 0 saturated heterocycles. The normalized spacial score (nSPS) is 10.2. The number of H-pyrrole nitrogens is 1. The van der Waals surface area contributed by atoms with E-state index in [2.05, 4.69) is 20.7 Å². The van der Waals surface area contributed by atoms with Crippen molar-refractivity contribution in [2.24, 2.45) is 0 Å². The predicted octanol–water partition coefficient (Wildman–Crippen LogP) is 1.32. The molecule has 2 rings (SSSR count). The van der Waals surface area contributed by atoms with Gasteiger partial charge in [0, 0.05) is 23.9 Å². The number of anilines is 1. The van der Waals surface area contributed by atoms with Crippen LogP contribution in [0.2, 0.25) is 0 Å². The summed E-state index contributed by atoms with van der Waals surface area (Å²) in [6.45, 7) is 2.64. The summed E-state index contributed by atoms with van der Waals surface area (Å²) in [7, 11) is 0. The molecular weight excluding hydrogens is 168 g/mol. The van der Waals surface area contributed by atoms with Gasteiger partial charge >= 0.3 is 0 Å². The second-order valence-corrected chi connectivity index (χ2v) is 2.81. The molecule has 0 radical (unpaired) electrons. The van der Waals surface area contributed by atoms with Crippen LogP contribution in [-0.2, 0) is 6.54 Å². The fourth-order valence-corrected chi connectivity index (χ4v) is 1.02. The highest BCUT2D eigenvalue weighted by Gasteiger charge is 2.01. The van der Waals surface area contributed by atoms with Crippen molar-refractivity contribution < 1.29 is 4.52 Å². The number of hydrogen-bond donors (Lipinski definition) is 2. The third-order valence-electron chi connectivity index (χ3n) is 1.76. The Bertz CT molecular complexity index is 365. The minimum atomic E-state index is 0.698. The molecule has 0 spiro atoms. The lowest BCUT2D eigenvalue weighted by molar-refractivity contribution is 0.421. The molecule has 0 aliphatic rings. The maximum Gasteiger partial charge on any atom is 0.172 e. The molecule has 68 valence electrons. The highest BCUT2D eigenvalue weighted by atomic mass is 16.5. The summed E-state index contributed by atoms with van der Waals surface area (Å²) in [4.78, 5) is 0. The quantitative estimate of drug-likeness (QED) is 0.743. The lowest BCUT2D eigenvalue weighted by Crippen LogP contribution is -1.99. The van der Waals surface area contributed by atoms with Gasteiger partial charge in [-0.2, -0.15) is 5.10 Å². The lowest BCUT2D eigenvalue weighted by Gasteiger charge is -1.99. The van der Waals surface area contributed by atoms with E-state index in [0.29, 0.717) is 6.54 Å². The monoisotopic (exact) mass is 178 g/mol. The van der Waals surface area contributed by atoms with E-state index in [0.717, 1.165) is 16.9 Å². The summed E-state index contributed by atoms with van der Waals surface area (Å²) in [5.74, 6) is 0.779. The first-order chi connectivity index (χ1) is 6.36. The number of nitrogens with one attached hydrogen (secondary N) is 2. The number of aryl methyl sites for hydroxylation is 1. The Kier molecular flexibility index (Phi) is 1.99. The van der Waals surface area contributed by atoms with Crippen LogP contribution in [-0.4, -0.2) is 15.4 Å². The second-order valence-electron chi connectivity index (χ2n) is 2.81. The predicted molar refractivity (Wildman–Crippen MR) is 47.2 cm³/mol. The third-order valence-corrected chi connectivity index (χ3v) is 1.76. The van der Waals surface area contributed by atoms with Gasteiger partial charge in [0.05, 0.1) is 6.20 Å². The fraction of sp³-hybridized carbons (Fsp3) is 0.250. The van der Waals surface area contributed by atoms with E-state index in [1.165, 1.54) is 0 Å². The Morgan fingerprint density at radius 3 is 3.15 bits per heavy atom. The average Bonchev–Trinajstić information content (AvgIpc) is 2.72. The molecule has 0 amide bonds. The van der Waals surface area contributed by atoms with Crippen LogP contribution in [0, 0.1) is 6.92 Å². The number of aromatic nitrogens is 3. The zero-order valence-corrected chi connectivity index (χ0v) is 7.24. The van der Waals surface area contributed by atoms with E-state index in [-0.39, 0.29) is 0 Å². The number of hydrogen-bond acceptors (Lipinski definition) is 4. The topological polar surface area (TPSA) is 66.7 Å². The molecule has 2 aromatic rings. The van der Waals surface area contributed by atoms with Crippen LogP contribution in [0.3, 0.4) is 0 Å². The van der Waals surface area contributed by atoms with Crippen LogP contribution in [0.25, 0.3) is 0 Å². The molecule has 0 atom stereocenters. The van der Waals surface area contributed by atoms with Crippen LogP contribution in [0.15, 0.2) is 23.2 Å². The lowest BCUT2D eigenvalue weighted by atomic mass is 10.3. The van der Waals surface area contributed by atoms with Gasteiger partial charge < -0.3 is 9.84 Å². The van der Waals surface area contributed by atoms with Crippen molar-refractivity contribution in [3.05, 3.63) is 29.8 Å². The Morgan fingerprint density at radius 1 is 1.62 bits per heavy atom. The van der Waals surface area contributed by atoms with Crippen molar-refractivity contribution in [3.8, 4) is 0 Å². The first-order valence-corrected chi connectivity index (χ1v) is 3.99. The molecule has 13 heavy (non-hydrogen) atoms. The molecule has 5 heteroatoms. The SMILES string of the molecule is Cc1conc1NCc1cn[nH]c1. The second kappa shape index (κ2) is 3.30. The van der Waals surface area contributed by atoms with Crippen LogP contribution in [0.1, 0.15) is 11.1 Å². The van der Waals surface area contributed by atoms with Crippen molar-refractivity contribution in [3.63, 3.8) is 0 Å². The molecule has 0 aliphatic carbocycles. The fourth-order valence-electron chi connectivity index (χ4n) is 1.02. The third kappa shape index (κ3) is 1.69. The minimum Gasteiger partial charge on any atom is -0.363 e. The van der Waals surface area contributed by atoms with E-state index in [1.54, 1.807) is 12.5 Å². The van der Waals surface area contributed by atoms with Crippen molar-refractivity contribution in [1.82, 2.24) is 15.4 Å². The molecule has 0 fully saturated rings. The van der Waals surface area contributed by atoms with Gasteiger partial charge in [-0.05, 0) is 6.92 Å². The van der Waals surface area contributed by atoms with Crippen LogP contribution >= 0.6 is 0 Å². The van der Waals surface area contributed by atoms with Crippen molar-refractivity contribution >= 4 is 5.82 Å². The first-order valence-electron chi connectivity index (χ1n) is 3.99. The highest BCUT2D eigenvalue weighted by molar-refractivity contribution is 5.40. The zero-order chi connectivity index (χ0) is 9.10. The van der Waals surface area contributed by atoms with Crippen molar-refractivity contribution in [2.45, 2.75) is 13.5 Å². The van der Waals surface area contributed by atoms with Gasteiger partial charge in [-0.1, -0.05) is 5.16 Å². The minimum absolute atomic E-state index is 0.698. The Balaban J connectivity index is 1.97. The molecule has 0 unspecified atom stereocenters. The van der Waals surface area contributed by atoms with Gasteiger partial charge in [-0.25, -0.2) is 0 Å². The molecule has 2 N–H and O–H groups in total. The maximum atomic E-state index is 4.78. The van der Waals surface area contributed by atoms with E-state index in [4.69, 9.17) is 4.52 Å². The van der Waals surface area contributed by atoms with E-state index in [1.807, 2.05) is 13.1 Å². The summed E-state index contributed by atoms with van der Waals surface area (Å²) in [5, 5.41) is 13.5. The zero-order valence-electron chi connectivity index (χ0n) is 7.24. The standard InChI is InChI=1S/C8H10N4O/c1-6-5-13-12-8(6)9-2-7-3-10-11-4-7/h3-5H,2H2,1H3,(H,9,12)(H,10,11). The summed E-state index contributed by atoms with van der Waals surface area (Å²) in [6, 6.07) is 0. The Hall–Kier alpha value is -1.78. The van der Waals surface area contributed by atoms with Crippen LogP contribution in [0.4, 0.5) is 5.82 Å². The Labute approximate surface area is 75.1 Å². The van der Waals surface area contributed by atoms with E-state index < -0.39 is 0 Å². The molecule has 2 heterocycles. The summed E-state index contributed by atoms with van der Waals surface area (Å²) < 4.78 is 4.78. The van der Waals surface area contributed by atoms with Crippen molar-refractivity contribution in [1.29, 1.82) is 0 Å². The van der Waals surface area contributed by atoms with E-state index >= 15 is 0 Å². The molecule has 0 saturated carbocycles. The smallest absolute Gasteiger partial charge is 0.172 e. The number of rotatable bonds is 3. The van der Waals surface area contributed by atoms with E-state index in [9.17, 15) is 0 Å². The molecule has 5 nitrogen and oxygen atoms in total. The van der Waals surface area contributed by atoms with Gasteiger partial charge in [0.15, 0.2) is 5.82 Å². The average molecular weight is 178 g/mol. The summed E-state index contributed by atoms with van der Waals surface area (Å²) in [6.07, 6.45) is 5.21. The largest absolute Gasteiger partial charge is 0.363 e. The maximum absolute atomic E-state index is 4.78. The number of nitrogens with zero attached hydrogens (tertiary/aromatic N) is 2. The van der Waals surface area contributed by atoms with Gasteiger partial charge in [0.25, 0.3) is 0 Å². The van der Waals surface area contributed by atoms with Gasteiger partial charge in [0.2, 0.25) is 0 Å². The van der Waals surface area contributed by atoms with Gasteiger partial charge in [-0.3, -0.25) is 5.10 Å². The molecule has 0 aromatic carbocycles. The summed E-state index contributed by atoms with van der Waals surface area (Å²) in [5.41, 5.74) is 2.09. The van der Waals surface area contributed by atoms with Gasteiger partial charge in [-0.15, -0.1) is 0 Å². The molecule has 2 aromatic heterocycles. The van der Waals surface area contributed by atoms with Gasteiger partial charge in [0.1, 0.15) is 6.26 Å². The molecule has 0 aliphatic heterocycles. The molecule has 0 bridgehead atoms. The molecular formula is C8H10N4O. The first kappa shape index (κ1) is 7.85. The highest BCUT2D eigenvalue weighted by Crippen LogP contribution is 2.11. The Morgan fingerprint density at radius 2 is 2.54 bits per heavy atom. The van der Waals surface area contributed by atoms with Crippen molar-refractivity contribution in [2.75, 3.05) is 5.32 Å².